The number of anilines is 2. The molecule has 2 N–H and O–H groups in total. The summed E-state index contributed by atoms with van der Waals surface area (Å²) < 4.78 is 14.6. The smallest absolute Gasteiger partial charge is 0.255 e. The SMILES string of the molecule is CCOc1cc(C2C(C(=O)Nc3ccccc3)=C(C)Nc3nc(SCc4ccccc4Cl)nn32)cc(Br)c1OC(C)C. The summed E-state index contributed by atoms with van der Waals surface area (Å²) in [6.45, 7) is 8.17. The largest absolute Gasteiger partial charge is 0.490 e. The molecule has 5 rings (SSSR count). The predicted molar refractivity (Wildman–Crippen MR) is 172 cm³/mol. The maximum Gasteiger partial charge on any atom is 0.255 e. The number of allylic oxidation sites excluding steroid dienone is 1. The first-order valence-electron chi connectivity index (χ1n) is 13.5. The van der Waals surface area contributed by atoms with E-state index in [1.54, 1.807) is 4.68 Å². The molecule has 218 valence electrons. The van der Waals surface area contributed by atoms with E-state index in [2.05, 4.69) is 26.6 Å². The number of para-hydroxylation sites is 1. The molecule has 0 saturated heterocycles. The molecule has 0 fully saturated rings. The van der Waals surface area contributed by atoms with E-state index in [0.29, 0.717) is 61.4 Å². The van der Waals surface area contributed by atoms with E-state index in [-0.39, 0.29) is 12.0 Å². The maximum absolute atomic E-state index is 13.9. The molecule has 11 heteroatoms. The van der Waals surface area contributed by atoms with Crippen LogP contribution in [0.1, 0.15) is 44.9 Å². The summed E-state index contributed by atoms with van der Waals surface area (Å²) in [5.74, 6) is 2.06. The number of aromatic nitrogens is 3. The van der Waals surface area contributed by atoms with Crippen LogP contribution in [0.5, 0.6) is 11.5 Å². The predicted octanol–water partition coefficient (Wildman–Crippen LogP) is 8.10. The molecule has 1 aromatic heterocycles. The molecular weight excluding hydrogens is 638 g/mol. The van der Waals surface area contributed by atoms with Crippen molar-refractivity contribution in [3.8, 4) is 11.5 Å². The van der Waals surface area contributed by atoms with Crippen LogP contribution in [0.15, 0.2) is 87.6 Å². The fourth-order valence-corrected chi connectivity index (χ4v) is 6.30. The van der Waals surface area contributed by atoms with Crippen molar-refractivity contribution in [2.45, 2.75) is 50.8 Å². The van der Waals surface area contributed by atoms with Crippen molar-refractivity contribution < 1.29 is 14.3 Å². The van der Waals surface area contributed by atoms with Crippen molar-refractivity contribution in [3.63, 3.8) is 0 Å². The van der Waals surface area contributed by atoms with E-state index >= 15 is 0 Å². The minimum Gasteiger partial charge on any atom is -0.490 e. The van der Waals surface area contributed by atoms with Gasteiger partial charge in [-0.15, -0.1) is 5.10 Å². The number of amides is 1. The highest BCUT2D eigenvalue weighted by Crippen LogP contribution is 2.44. The lowest BCUT2D eigenvalue weighted by atomic mass is 9.94. The quantitative estimate of drug-likeness (QED) is 0.165. The number of hydrogen-bond acceptors (Lipinski definition) is 7. The number of ether oxygens (including phenoxy) is 2. The summed E-state index contributed by atoms with van der Waals surface area (Å²) >= 11 is 11.6. The third kappa shape index (κ3) is 6.61. The Bertz CT molecular complexity index is 1630. The van der Waals surface area contributed by atoms with Crippen LogP contribution in [0.4, 0.5) is 11.6 Å². The minimum absolute atomic E-state index is 0.0563. The van der Waals surface area contributed by atoms with Crippen LogP contribution in [-0.2, 0) is 10.5 Å². The number of benzene rings is 3. The Kier molecular flexibility index (Phi) is 9.45. The molecule has 1 aliphatic rings. The Hall–Kier alpha value is -3.47. The zero-order valence-corrected chi connectivity index (χ0v) is 26.8. The summed E-state index contributed by atoms with van der Waals surface area (Å²) in [7, 11) is 0. The summed E-state index contributed by atoms with van der Waals surface area (Å²) in [5, 5.41) is 12.5. The summed E-state index contributed by atoms with van der Waals surface area (Å²) in [4.78, 5) is 18.6. The average Bonchev–Trinajstić information content (AvgIpc) is 3.36. The third-order valence-corrected chi connectivity index (χ3v) is 8.27. The van der Waals surface area contributed by atoms with Crippen LogP contribution in [0.25, 0.3) is 0 Å². The van der Waals surface area contributed by atoms with Gasteiger partial charge in [0.05, 0.1) is 22.8 Å². The molecule has 1 amide bonds. The number of carbonyl (C=O) groups is 1. The van der Waals surface area contributed by atoms with Gasteiger partial charge in [0.1, 0.15) is 6.04 Å². The van der Waals surface area contributed by atoms with Gasteiger partial charge < -0.3 is 20.1 Å². The standard InChI is InChI=1S/C31H31BrClN5O3S/c1-5-40-25-16-21(15-23(32)28(25)41-18(2)3)27-26(29(39)35-22-12-7-6-8-13-22)19(4)34-30-36-31(37-38(27)30)42-17-20-11-9-10-14-24(20)33/h6-16,18,27H,5,17H2,1-4H3,(H,35,39)(H,34,36,37). The number of nitrogens with zero attached hydrogens (tertiary/aromatic N) is 3. The highest BCUT2D eigenvalue weighted by Gasteiger charge is 2.35. The number of fused-ring (bicyclic) bond motifs is 1. The number of thioether (sulfide) groups is 1. The second kappa shape index (κ2) is 13.2. The van der Waals surface area contributed by atoms with Crippen LogP contribution in [0.2, 0.25) is 5.02 Å². The number of carbonyl (C=O) groups excluding carboxylic acids is 1. The van der Waals surface area contributed by atoms with Gasteiger partial charge in [0, 0.05) is 22.2 Å². The normalized spacial score (nSPS) is 14.4. The second-order valence-corrected chi connectivity index (χ2v) is 12.1. The first-order valence-corrected chi connectivity index (χ1v) is 15.7. The van der Waals surface area contributed by atoms with E-state index < -0.39 is 6.04 Å². The second-order valence-electron chi connectivity index (χ2n) is 9.86. The van der Waals surface area contributed by atoms with Gasteiger partial charge in [-0.1, -0.05) is 59.8 Å². The van der Waals surface area contributed by atoms with Gasteiger partial charge in [0.25, 0.3) is 5.91 Å². The minimum atomic E-state index is -0.601. The Labute approximate surface area is 263 Å². The van der Waals surface area contributed by atoms with E-state index in [4.69, 9.17) is 31.2 Å². The molecular formula is C31H31BrClN5O3S. The lowest BCUT2D eigenvalue weighted by Crippen LogP contribution is -2.31. The molecule has 1 unspecified atom stereocenters. The number of rotatable bonds is 10. The van der Waals surface area contributed by atoms with Gasteiger partial charge >= 0.3 is 0 Å². The van der Waals surface area contributed by atoms with Gasteiger partial charge in [-0.3, -0.25) is 4.79 Å². The van der Waals surface area contributed by atoms with Crippen molar-refractivity contribution in [1.82, 2.24) is 14.8 Å². The molecule has 1 atom stereocenters. The molecule has 0 radical (unpaired) electrons. The average molecular weight is 669 g/mol. The van der Waals surface area contributed by atoms with E-state index in [0.717, 1.165) is 11.1 Å². The monoisotopic (exact) mass is 667 g/mol. The summed E-state index contributed by atoms with van der Waals surface area (Å²) in [5.41, 5.74) is 3.65. The molecule has 0 spiro atoms. The molecule has 2 heterocycles. The zero-order valence-electron chi connectivity index (χ0n) is 23.7. The molecule has 0 bridgehead atoms. The Balaban J connectivity index is 1.58. The molecule has 0 saturated carbocycles. The Morgan fingerprint density at radius 3 is 2.62 bits per heavy atom. The summed E-state index contributed by atoms with van der Waals surface area (Å²) in [6.07, 6.45) is -0.0563. The topological polar surface area (TPSA) is 90.3 Å². The van der Waals surface area contributed by atoms with Crippen molar-refractivity contribution in [2.75, 3.05) is 17.2 Å². The summed E-state index contributed by atoms with van der Waals surface area (Å²) in [6, 6.07) is 20.3. The van der Waals surface area contributed by atoms with Gasteiger partial charge in [-0.05, 0) is 85.1 Å². The number of nitrogens with one attached hydrogen (secondary N) is 2. The third-order valence-electron chi connectivity index (χ3n) is 6.43. The molecule has 42 heavy (non-hydrogen) atoms. The zero-order chi connectivity index (χ0) is 29.8. The first kappa shape index (κ1) is 30.0. The Morgan fingerprint density at radius 2 is 1.90 bits per heavy atom. The van der Waals surface area contributed by atoms with Crippen molar-refractivity contribution >= 4 is 56.8 Å². The van der Waals surface area contributed by atoms with Crippen LogP contribution >= 0.6 is 39.3 Å². The molecule has 8 nitrogen and oxygen atoms in total. The van der Waals surface area contributed by atoms with E-state index in [1.807, 2.05) is 94.4 Å². The highest BCUT2D eigenvalue weighted by molar-refractivity contribution is 9.10. The highest BCUT2D eigenvalue weighted by atomic mass is 79.9. The first-order chi connectivity index (χ1) is 20.2. The number of halogens is 2. The van der Waals surface area contributed by atoms with Crippen LogP contribution in [-0.4, -0.2) is 33.4 Å². The van der Waals surface area contributed by atoms with Crippen LogP contribution in [0.3, 0.4) is 0 Å². The van der Waals surface area contributed by atoms with Gasteiger partial charge in [-0.25, -0.2) is 4.68 Å². The van der Waals surface area contributed by atoms with Crippen LogP contribution < -0.4 is 20.1 Å². The van der Waals surface area contributed by atoms with E-state index in [1.165, 1.54) is 11.8 Å². The van der Waals surface area contributed by atoms with Crippen molar-refractivity contribution in [1.29, 1.82) is 0 Å². The molecule has 4 aromatic rings. The molecule has 0 aliphatic carbocycles. The van der Waals surface area contributed by atoms with Crippen LogP contribution in [0, 0.1) is 0 Å². The fraction of sp³-hybridized carbons (Fsp3) is 0.258. The van der Waals surface area contributed by atoms with Crippen molar-refractivity contribution in [3.05, 3.63) is 98.6 Å². The van der Waals surface area contributed by atoms with Gasteiger partial charge in [0.15, 0.2) is 11.5 Å². The lowest BCUT2D eigenvalue weighted by Gasteiger charge is -2.29. The lowest BCUT2D eigenvalue weighted by molar-refractivity contribution is -0.113. The Morgan fingerprint density at radius 1 is 1.17 bits per heavy atom. The molecule has 1 aliphatic heterocycles. The van der Waals surface area contributed by atoms with Gasteiger partial charge in [0.2, 0.25) is 11.1 Å². The van der Waals surface area contributed by atoms with E-state index in [9.17, 15) is 4.79 Å². The maximum atomic E-state index is 13.9. The molecule has 3 aromatic carbocycles. The fourth-order valence-electron chi connectivity index (χ4n) is 4.63. The van der Waals surface area contributed by atoms with Gasteiger partial charge in [-0.2, -0.15) is 4.98 Å². The van der Waals surface area contributed by atoms with Crippen molar-refractivity contribution in [2.24, 2.45) is 0 Å². The number of hydrogen-bond donors (Lipinski definition) is 2.